The average Bonchev–Trinajstić information content (AvgIpc) is 3.06. The SMILES string of the molecule is Cc1noc(C)c1C1CCCN1C(=O)CN1CCCCCC1=O. The van der Waals surface area contributed by atoms with Gasteiger partial charge in [0.2, 0.25) is 11.8 Å². The van der Waals surface area contributed by atoms with Crippen molar-refractivity contribution < 1.29 is 14.1 Å². The first-order valence-corrected chi connectivity index (χ1v) is 8.58. The van der Waals surface area contributed by atoms with Gasteiger partial charge in [0.15, 0.2) is 0 Å². The zero-order valence-electron chi connectivity index (χ0n) is 14.0. The fourth-order valence-electron chi connectivity index (χ4n) is 3.79. The molecule has 6 nitrogen and oxygen atoms in total. The fraction of sp³-hybridized carbons (Fsp3) is 0.706. The second kappa shape index (κ2) is 6.72. The predicted octanol–water partition coefficient (Wildman–Crippen LogP) is 2.36. The lowest BCUT2D eigenvalue weighted by Gasteiger charge is -2.28. The number of amides is 2. The lowest BCUT2D eigenvalue weighted by atomic mass is 10.0. The summed E-state index contributed by atoms with van der Waals surface area (Å²) in [6, 6.07) is 0.0378. The molecule has 2 fully saturated rings. The van der Waals surface area contributed by atoms with Gasteiger partial charge in [-0.1, -0.05) is 11.6 Å². The molecule has 0 aromatic carbocycles. The number of hydrogen-bond acceptors (Lipinski definition) is 4. The number of rotatable bonds is 3. The molecule has 126 valence electrons. The molecule has 1 atom stereocenters. The molecule has 6 heteroatoms. The predicted molar refractivity (Wildman–Crippen MR) is 84.7 cm³/mol. The molecule has 0 aliphatic carbocycles. The number of aromatic nitrogens is 1. The highest BCUT2D eigenvalue weighted by Gasteiger charge is 2.34. The first-order chi connectivity index (χ1) is 11.1. The molecule has 2 aliphatic rings. The maximum atomic E-state index is 12.8. The Balaban J connectivity index is 1.72. The molecule has 2 amide bonds. The van der Waals surface area contributed by atoms with E-state index in [0.717, 1.165) is 55.7 Å². The third-order valence-electron chi connectivity index (χ3n) is 4.99. The summed E-state index contributed by atoms with van der Waals surface area (Å²) in [5.74, 6) is 0.949. The second-order valence-electron chi connectivity index (χ2n) is 6.61. The summed E-state index contributed by atoms with van der Waals surface area (Å²) in [5.41, 5.74) is 1.90. The van der Waals surface area contributed by atoms with Gasteiger partial charge in [0.25, 0.3) is 0 Å². The van der Waals surface area contributed by atoms with Gasteiger partial charge in [-0.25, -0.2) is 0 Å². The van der Waals surface area contributed by atoms with E-state index in [1.807, 2.05) is 18.7 Å². The third kappa shape index (κ3) is 3.26. The molecule has 0 N–H and O–H groups in total. The highest BCUT2D eigenvalue weighted by Crippen LogP contribution is 2.35. The standard InChI is InChI=1S/C17H25N3O3/c1-12-17(13(2)23-18-12)14-7-6-10-20(14)16(22)11-19-9-5-3-4-8-15(19)21/h14H,3-11H2,1-2H3. The summed E-state index contributed by atoms with van der Waals surface area (Å²) in [4.78, 5) is 28.5. The Bertz CT molecular complexity index is 576. The van der Waals surface area contributed by atoms with Gasteiger partial charge in [-0.05, 0) is 39.5 Å². The number of aryl methyl sites for hydroxylation is 2. The molecule has 2 saturated heterocycles. The maximum Gasteiger partial charge on any atom is 0.242 e. The molecule has 1 aromatic rings. The minimum Gasteiger partial charge on any atom is -0.361 e. The molecule has 3 heterocycles. The molecule has 0 bridgehead atoms. The monoisotopic (exact) mass is 319 g/mol. The van der Waals surface area contributed by atoms with Crippen molar-refractivity contribution in [3.63, 3.8) is 0 Å². The molecule has 3 rings (SSSR count). The molecule has 1 aromatic heterocycles. The van der Waals surface area contributed by atoms with Gasteiger partial charge in [0.05, 0.1) is 18.3 Å². The Morgan fingerprint density at radius 1 is 1.22 bits per heavy atom. The van der Waals surface area contributed by atoms with E-state index in [2.05, 4.69) is 5.16 Å². The van der Waals surface area contributed by atoms with Crippen LogP contribution in [-0.2, 0) is 9.59 Å². The topological polar surface area (TPSA) is 66.7 Å². The molecule has 23 heavy (non-hydrogen) atoms. The fourth-order valence-corrected chi connectivity index (χ4v) is 3.79. The molecule has 0 radical (unpaired) electrons. The Morgan fingerprint density at radius 2 is 2.04 bits per heavy atom. The van der Waals surface area contributed by atoms with E-state index in [0.29, 0.717) is 13.0 Å². The number of hydrogen-bond donors (Lipinski definition) is 0. The van der Waals surface area contributed by atoms with Crippen LogP contribution in [0.5, 0.6) is 0 Å². The Morgan fingerprint density at radius 3 is 2.78 bits per heavy atom. The van der Waals surface area contributed by atoms with Gasteiger partial charge in [-0.15, -0.1) is 0 Å². The molecule has 2 aliphatic heterocycles. The number of nitrogens with zero attached hydrogens (tertiary/aromatic N) is 3. The van der Waals surface area contributed by atoms with Gasteiger partial charge >= 0.3 is 0 Å². The molecule has 0 saturated carbocycles. The highest BCUT2D eigenvalue weighted by molar-refractivity contribution is 5.85. The second-order valence-corrected chi connectivity index (χ2v) is 6.61. The van der Waals surface area contributed by atoms with Crippen molar-refractivity contribution in [2.75, 3.05) is 19.6 Å². The summed E-state index contributed by atoms with van der Waals surface area (Å²) in [6.45, 7) is 5.47. The summed E-state index contributed by atoms with van der Waals surface area (Å²) in [6.07, 6.45) is 5.49. The van der Waals surface area contributed by atoms with E-state index < -0.39 is 0 Å². The van der Waals surface area contributed by atoms with E-state index >= 15 is 0 Å². The van der Waals surface area contributed by atoms with Crippen molar-refractivity contribution in [1.29, 1.82) is 0 Å². The summed E-state index contributed by atoms with van der Waals surface area (Å²) < 4.78 is 5.27. The minimum atomic E-state index is 0.0378. The van der Waals surface area contributed by atoms with Crippen LogP contribution >= 0.6 is 0 Å². The van der Waals surface area contributed by atoms with Gasteiger partial charge < -0.3 is 14.3 Å². The van der Waals surface area contributed by atoms with Crippen LogP contribution in [0.2, 0.25) is 0 Å². The van der Waals surface area contributed by atoms with Gasteiger partial charge in [-0.2, -0.15) is 0 Å². The van der Waals surface area contributed by atoms with Crippen molar-refractivity contribution in [2.24, 2.45) is 0 Å². The van der Waals surface area contributed by atoms with Crippen LogP contribution in [0.1, 0.15) is 61.6 Å². The van der Waals surface area contributed by atoms with E-state index in [1.165, 1.54) is 0 Å². The number of carbonyl (C=O) groups excluding carboxylic acids is 2. The maximum absolute atomic E-state index is 12.8. The van der Waals surface area contributed by atoms with Crippen LogP contribution < -0.4 is 0 Å². The smallest absolute Gasteiger partial charge is 0.242 e. The van der Waals surface area contributed by atoms with Crippen molar-refractivity contribution in [2.45, 2.75) is 58.4 Å². The summed E-state index contributed by atoms with van der Waals surface area (Å²) in [5, 5.41) is 4.02. The first-order valence-electron chi connectivity index (χ1n) is 8.58. The van der Waals surface area contributed by atoms with E-state index in [1.54, 1.807) is 4.90 Å². The number of carbonyl (C=O) groups is 2. The third-order valence-corrected chi connectivity index (χ3v) is 4.99. The zero-order chi connectivity index (χ0) is 16.4. The van der Waals surface area contributed by atoms with E-state index in [9.17, 15) is 9.59 Å². The lowest BCUT2D eigenvalue weighted by molar-refractivity contribution is -0.140. The first kappa shape index (κ1) is 16.0. The zero-order valence-corrected chi connectivity index (χ0v) is 14.0. The van der Waals surface area contributed by atoms with Gasteiger partial charge in [-0.3, -0.25) is 9.59 Å². The molecule has 0 spiro atoms. The van der Waals surface area contributed by atoms with Crippen LogP contribution in [0, 0.1) is 13.8 Å². The summed E-state index contributed by atoms with van der Waals surface area (Å²) in [7, 11) is 0. The minimum absolute atomic E-state index is 0.0378. The van der Waals surface area contributed by atoms with Crippen molar-refractivity contribution >= 4 is 11.8 Å². The van der Waals surface area contributed by atoms with Crippen LogP contribution in [0.15, 0.2) is 4.52 Å². The van der Waals surface area contributed by atoms with Crippen LogP contribution in [0.25, 0.3) is 0 Å². The van der Waals surface area contributed by atoms with Crippen molar-refractivity contribution in [3.8, 4) is 0 Å². The Hall–Kier alpha value is -1.85. The van der Waals surface area contributed by atoms with E-state index in [-0.39, 0.29) is 24.4 Å². The normalized spacial score (nSPS) is 22.5. The molecule has 1 unspecified atom stereocenters. The van der Waals surface area contributed by atoms with Crippen molar-refractivity contribution in [1.82, 2.24) is 15.0 Å². The van der Waals surface area contributed by atoms with Crippen molar-refractivity contribution in [3.05, 3.63) is 17.0 Å². The average molecular weight is 319 g/mol. The van der Waals surface area contributed by atoms with Crippen LogP contribution in [-0.4, -0.2) is 46.4 Å². The lowest BCUT2D eigenvalue weighted by Crippen LogP contribution is -2.42. The molecular formula is C17H25N3O3. The molecular weight excluding hydrogens is 294 g/mol. The summed E-state index contributed by atoms with van der Waals surface area (Å²) >= 11 is 0. The van der Waals surface area contributed by atoms with Crippen LogP contribution in [0.4, 0.5) is 0 Å². The van der Waals surface area contributed by atoms with Gasteiger partial charge in [0.1, 0.15) is 5.76 Å². The largest absolute Gasteiger partial charge is 0.361 e. The number of likely N-dealkylation sites (tertiary alicyclic amines) is 2. The van der Waals surface area contributed by atoms with Crippen LogP contribution in [0.3, 0.4) is 0 Å². The quantitative estimate of drug-likeness (QED) is 0.858. The highest BCUT2D eigenvalue weighted by atomic mass is 16.5. The Kier molecular flexibility index (Phi) is 4.68. The Labute approximate surface area is 136 Å². The van der Waals surface area contributed by atoms with Gasteiger partial charge in [0, 0.05) is 25.1 Å². The van der Waals surface area contributed by atoms with E-state index in [4.69, 9.17) is 4.52 Å².